The first-order chi connectivity index (χ1) is 11.5. The molecule has 3 heteroatoms. The van der Waals surface area contributed by atoms with Crippen molar-refractivity contribution < 1.29 is 14.3 Å². The lowest BCUT2D eigenvalue weighted by Crippen LogP contribution is -2.13. The van der Waals surface area contributed by atoms with Crippen LogP contribution in [0.2, 0.25) is 0 Å². The molecule has 0 bridgehead atoms. The third-order valence-corrected chi connectivity index (χ3v) is 4.02. The van der Waals surface area contributed by atoms with Crippen molar-refractivity contribution in [2.75, 3.05) is 7.11 Å². The summed E-state index contributed by atoms with van der Waals surface area (Å²) >= 11 is 0. The molecule has 0 aliphatic rings. The van der Waals surface area contributed by atoms with Crippen LogP contribution in [-0.2, 0) is 22.6 Å². The second-order valence-corrected chi connectivity index (χ2v) is 6.52. The van der Waals surface area contributed by atoms with Gasteiger partial charge in [-0.05, 0) is 48.1 Å². The zero-order valence-electron chi connectivity index (χ0n) is 14.9. The van der Waals surface area contributed by atoms with Gasteiger partial charge in [0, 0.05) is 0 Å². The number of methoxy groups -OCH3 is 1. The van der Waals surface area contributed by atoms with E-state index in [1.54, 1.807) is 7.11 Å². The molecule has 3 nitrogen and oxygen atoms in total. The van der Waals surface area contributed by atoms with Crippen LogP contribution in [-0.4, -0.2) is 13.1 Å². The monoisotopic (exact) mass is 326 g/mol. The molecule has 128 valence electrons. The van der Waals surface area contributed by atoms with E-state index in [1.165, 1.54) is 5.56 Å². The molecule has 0 amide bonds. The average Bonchev–Trinajstić information content (AvgIpc) is 2.59. The van der Waals surface area contributed by atoms with Gasteiger partial charge < -0.3 is 9.47 Å². The SMILES string of the molecule is COc1ccc(COC(=O)C(C)c2ccc(CC(C)C)cc2)cc1. The molecule has 0 radical (unpaired) electrons. The summed E-state index contributed by atoms with van der Waals surface area (Å²) in [6, 6.07) is 15.8. The lowest BCUT2D eigenvalue weighted by molar-refractivity contribution is -0.146. The second kappa shape index (κ2) is 8.53. The van der Waals surface area contributed by atoms with E-state index in [1.807, 2.05) is 43.3 Å². The zero-order valence-corrected chi connectivity index (χ0v) is 14.9. The summed E-state index contributed by atoms with van der Waals surface area (Å²) in [6.45, 7) is 6.56. The van der Waals surface area contributed by atoms with E-state index in [4.69, 9.17) is 9.47 Å². The maximum atomic E-state index is 12.3. The summed E-state index contributed by atoms with van der Waals surface area (Å²) in [7, 11) is 1.63. The van der Waals surface area contributed by atoms with Crippen molar-refractivity contribution >= 4 is 5.97 Å². The van der Waals surface area contributed by atoms with Gasteiger partial charge in [0.25, 0.3) is 0 Å². The minimum absolute atomic E-state index is 0.206. The number of carbonyl (C=O) groups excluding carboxylic acids is 1. The standard InChI is InChI=1S/C21H26O3/c1-15(2)13-17-5-9-19(10-6-17)16(3)21(22)24-14-18-7-11-20(23-4)12-8-18/h5-12,15-16H,13-14H2,1-4H3. The predicted octanol–water partition coefficient (Wildman–Crippen LogP) is 4.74. The normalized spacial score (nSPS) is 12.0. The topological polar surface area (TPSA) is 35.5 Å². The van der Waals surface area contributed by atoms with Gasteiger partial charge in [-0.3, -0.25) is 4.79 Å². The molecule has 0 aliphatic carbocycles. The van der Waals surface area contributed by atoms with E-state index in [9.17, 15) is 4.79 Å². The van der Waals surface area contributed by atoms with Crippen molar-refractivity contribution in [2.45, 2.75) is 39.7 Å². The van der Waals surface area contributed by atoms with Gasteiger partial charge in [0.15, 0.2) is 0 Å². The van der Waals surface area contributed by atoms with Crippen molar-refractivity contribution in [3.05, 3.63) is 65.2 Å². The van der Waals surface area contributed by atoms with Gasteiger partial charge in [-0.25, -0.2) is 0 Å². The Balaban J connectivity index is 1.91. The average molecular weight is 326 g/mol. The molecule has 0 aromatic heterocycles. The Hall–Kier alpha value is -2.29. The summed E-state index contributed by atoms with van der Waals surface area (Å²) in [5, 5.41) is 0. The predicted molar refractivity (Wildman–Crippen MR) is 96.2 cm³/mol. The van der Waals surface area contributed by atoms with E-state index in [2.05, 4.69) is 26.0 Å². The Bertz CT molecular complexity index is 642. The molecular weight excluding hydrogens is 300 g/mol. The van der Waals surface area contributed by atoms with E-state index < -0.39 is 0 Å². The van der Waals surface area contributed by atoms with Crippen LogP contribution in [0.3, 0.4) is 0 Å². The van der Waals surface area contributed by atoms with E-state index in [0.29, 0.717) is 5.92 Å². The fourth-order valence-electron chi connectivity index (χ4n) is 2.55. The Morgan fingerprint density at radius 3 is 2.04 bits per heavy atom. The minimum Gasteiger partial charge on any atom is -0.497 e. The molecule has 0 aliphatic heterocycles. The fourth-order valence-corrected chi connectivity index (χ4v) is 2.55. The highest BCUT2D eigenvalue weighted by Gasteiger charge is 2.17. The van der Waals surface area contributed by atoms with Crippen molar-refractivity contribution in [1.82, 2.24) is 0 Å². The third-order valence-electron chi connectivity index (χ3n) is 4.02. The molecule has 1 unspecified atom stereocenters. The van der Waals surface area contributed by atoms with Crippen LogP contribution in [0.4, 0.5) is 0 Å². The van der Waals surface area contributed by atoms with Crippen LogP contribution in [0.1, 0.15) is 43.4 Å². The van der Waals surface area contributed by atoms with Crippen LogP contribution in [0.5, 0.6) is 5.75 Å². The second-order valence-electron chi connectivity index (χ2n) is 6.52. The third kappa shape index (κ3) is 5.12. The highest BCUT2D eigenvalue weighted by atomic mass is 16.5. The summed E-state index contributed by atoms with van der Waals surface area (Å²) in [5.74, 6) is 0.946. The van der Waals surface area contributed by atoms with Crippen LogP contribution < -0.4 is 4.74 Å². The molecular formula is C21H26O3. The Kier molecular flexibility index (Phi) is 6.42. The van der Waals surface area contributed by atoms with Gasteiger partial charge in [0.1, 0.15) is 12.4 Å². The molecule has 0 fully saturated rings. The van der Waals surface area contributed by atoms with Crippen LogP contribution >= 0.6 is 0 Å². The van der Waals surface area contributed by atoms with Gasteiger partial charge in [0.05, 0.1) is 13.0 Å². The van der Waals surface area contributed by atoms with Gasteiger partial charge >= 0.3 is 5.97 Å². The molecule has 0 N–H and O–H groups in total. The Labute approximate surface area is 144 Å². The number of esters is 1. The molecule has 0 spiro atoms. The number of carbonyl (C=O) groups is 1. The summed E-state index contributed by atoms with van der Waals surface area (Å²) in [6.07, 6.45) is 1.05. The highest BCUT2D eigenvalue weighted by Crippen LogP contribution is 2.20. The number of ether oxygens (including phenoxy) is 2. The van der Waals surface area contributed by atoms with Gasteiger partial charge in [0.2, 0.25) is 0 Å². The molecule has 2 rings (SSSR count). The lowest BCUT2D eigenvalue weighted by Gasteiger charge is -2.13. The summed E-state index contributed by atoms with van der Waals surface area (Å²) in [5.41, 5.74) is 3.23. The van der Waals surface area contributed by atoms with Crippen molar-refractivity contribution in [1.29, 1.82) is 0 Å². The highest BCUT2D eigenvalue weighted by molar-refractivity contribution is 5.77. The minimum atomic E-state index is -0.267. The molecule has 2 aromatic rings. The van der Waals surface area contributed by atoms with Crippen LogP contribution in [0.25, 0.3) is 0 Å². The van der Waals surface area contributed by atoms with E-state index >= 15 is 0 Å². The molecule has 2 aromatic carbocycles. The van der Waals surface area contributed by atoms with Gasteiger partial charge in [-0.1, -0.05) is 50.2 Å². The number of benzene rings is 2. The number of rotatable bonds is 7. The first kappa shape index (κ1) is 18.1. The van der Waals surface area contributed by atoms with Crippen LogP contribution in [0.15, 0.2) is 48.5 Å². The molecule has 0 saturated carbocycles. The smallest absolute Gasteiger partial charge is 0.313 e. The molecule has 0 heterocycles. The largest absolute Gasteiger partial charge is 0.497 e. The summed E-state index contributed by atoms with van der Waals surface area (Å²) in [4.78, 5) is 12.3. The maximum Gasteiger partial charge on any atom is 0.313 e. The van der Waals surface area contributed by atoms with E-state index in [-0.39, 0.29) is 18.5 Å². The van der Waals surface area contributed by atoms with Crippen molar-refractivity contribution in [3.63, 3.8) is 0 Å². The first-order valence-electron chi connectivity index (χ1n) is 8.38. The summed E-state index contributed by atoms with van der Waals surface area (Å²) < 4.78 is 10.5. The molecule has 1 atom stereocenters. The molecule has 24 heavy (non-hydrogen) atoms. The molecule has 0 saturated heterocycles. The van der Waals surface area contributed by atoms with Crippen molar-refractivity contribution in [3.8, 4) is 5.75 Å². The Morgan fingerprint density at radius 2 is 1.50 bits per heavy atom. The fraction of sp³-hybridized carbons (Fsp3) is 0.381. The number of hydrogen-bond donors (Lipinski definition) is 0. The Morgan fingerprint density at radius 1 is 0.917 bits per heavy atom. The lowest BCUT2D eigenvalue weighted by atomic mass is 9.97. The maximum absolute atomic E-state index is 12.3. The van der Waals surface area contributed by atoms with Gasteiger partial charge in [-0.2, -0.15) is 0 Å². The van der Waals surface area contributed by atoms with Crippen LogP contribution in [0, 0.1) is 5.92 Å². The van der Waals surface area contributed by atoms with Crippen molar-refractivity contribution in [2.24, 2.45) is 5.92 Å². The van der Waals surface area contributed by atoms with E-state index in [0.717, 1.165) is 23.3 Å². The zero-order chi connectivity index (χ0) is 17.5. The quantitative estimate of drug-likeness (QED) is 0.689. The number of hydrogen-bond acceptors (Lipinski definition) is 3. The first-order valence-corrected chi connectivity index (χ1v) is 8.38. The van der Waals surface area contributed by atoms with Gasteiger partial charge in [-0.15, -0.1) is 0 Å².